The van der Waals surface area contributed by atoms with Crippen molar-refractivity contribution in [2.24, 2.45) is 16.5 Å². The summed E-state index contributed by atoms with van der Waals surface area (Å²) < 4.78 is 4.98. The average molecular weight is 187 g/mol. The van der Waals surface area contributed by atoms with Gasteiger partial charge in [0.25, 0.3) is 0 Å². The maximum atomic E-state index is 11.1. The molecule has 0 aromatic heterocycles. The first-order valence-corrected chi connectivity index (χ1v) is 4.35. The smallest absolute Gasteiger partial charge is 0.308 e. The maximum Gasteiger partial charge on any atom is 0.308 e. The van der Waals surface area contributed by atoms with Gasteiger partial charge in [-0.3, -0.25) is 4.79 Å². The Morgan fingerprint density at radius 3 is 2.38 bits per heavy atom. The molecule has 0 heterocycles. The predicted molar refractivity (Wildman–Crippen MR) is 50.2 cm³/mol. The highest BCUT2D eigenvalue weighted by molar-refractivity contribution is 5.71. The number of carbonyl (C=O) groups is 1. The van der Waals surface area contributed by atoms with Crippen molar-refractivity contribution in [3.8, 4) is 0 Å². The molecule has 0 unspecified atom stereocenters. The second-order valence-corrected chi connectivity index (χ2v) is 4.21. The van der Waals surface area contributed by atoms with Crippen LogP contribution in [0.15, 0.2) is 5.18 Å². The fourth-order valence-electron chi connectivity index (χ4n) is 0.654. The standard InChI is InChI=1S/C9H17NO3/c1-7(2)8(11)13-6-9(3,4)5-10-12/h7H,5-6H2,1-4H3. The summed E-state index contributed by atoms with van der Waals surface area (Å²) in [5.74, 6) is -0.362. The number of hydrogen-bond donors (Lipinski definition) is 0. The first kappa shape index (κ1) is 12.1. The van der Waals surface area contributed by atoms with E-state index in [1.165, 1.54) is 0 Å². The lowest BCUT2D eigenvalue weighted by atomic mass is 9.95. The van der Waals surface area contributed by atoms with Gasteiger partial charge in [-0.15, -0.1) is 0 Å². The van der Waals surface area contributed by atoms with E-state index in [4.69, 9.17) is 4.74 Å². The largest absolute Gasteiger partial charge is 0.465 e. The van der Waals surface area contributed by atoms with Gasteiger partial charge in [-0.2, -0.15) is 4.91 Å². The summed E-state index contributed by atoms with van der Waals surface area (Å²) in [5, 5.41) is 2.79. The van der Waals surface area contributed by atoms with E-state index in [1.807, 2.05) is 13.8 Å². The molecule has 0 spiro atoms. The third-order valence-corrected chi connectivity index (χ3v) is 1.57. The van der Waals surface area contributed by atoms with Gasteiger partial charge in [0, 0.05) is 5.41 Å². The Kier molecular flexibility index (Phi) is 4.59. The Labute approximate surface area is 78.6 Å². The molecule has 0 radical (unpaired) electrons. The Bertz CT molecular complexity index is 187. The number of nitrogens with zero attached hydrogens (tertiary/aromatic N) is 1. The van der Waals surface area contributed by atoms with E-state index in [0.717, 1.165) is 0 Å². The summed E-state index contributed by atoms with van der Waals surface area (Å²) in [6.45, 7) is 7.62. The van der Waals surface area contributed by atoms with Crippen LogP contribution in [0, 0.1) is 16.2 Å². The maximum absolute atomic E-state index is 11.1. The molecule has 0 aliphatic heterocycles. The summed E-state index contributed by atoms with van der Waals surface area (Å²) in [4.78, 5) is 21.1. The molecule has 0 fully saturated rings. The Hall–Kier alpha value is -0.930. The quantitative estimate of drug-likeness (QED) is 0.488. The number of rotatable bonds is 5. The van der Waals surface area contributed by atoms with Crippen molar-refractivity contribution in [1.29, 1.82) is 0 Å². The molecule has 0 aliphatic carbocycles. The van der Waals surface area contributed by atoms with Gasteiger partial charge in [0.05, 0.1) is 19.1 Å². The summed E-state index contributed by atoms with van der Waals surface area (Å²) in [7, 11) is 0. The van der Waals surface area contributed by atoms with Crippen LogP contribution in [0.5, 0.6) is 0 Å². The number of hydrogen-bond acceptors (Lipinski definition) is 4. The van der Waals surface area contributed by atoms with Crippen LogP contribution in [0.25, 0.3) is 0 Å². The fourth-order valence-corrected chi connectivity index (χ4v) is 0.654. The molecule has 4 heteroatoms. The molecule has 76 valence electrons. The summed E-state index contributed by atoms with van der Waals surface area (Å²) >= 11 is 0. The van der Waals surface area contributed by atoms with E-state index in [1.54, 1.807) is 13.8 Å². The number of carbonyl (C=O) groups excluding carboxylic acids is 1. The van der Waals surface area contributed by atoms with Gasteiger partial charge in [-0.1, -0.05) is 32.9 Å². The minimum Gasteiger partial charge on any atom is -0.465 e. The highest BCUT2D eigenvalue weighted by Crippen LogP contribution is 2.16. The molecule has 0 saturated carbocycles. The van der Waals surface area contributed by atoms with Crippen LogP contribution in [-0.4, -0.2) is 19.1 Å². The molecule has 0 amide bonds. The van der Waals surface area contributed by atoms with Crippen molar-refractivity contribution in [2.45, 2.75) is 27.7 Å². The van der Waals surface area contributed by atoms with Crippen molar-refractivity contribution >= 4 is 5.97 Å². The van der Waals surface area contributed by atoms with Crippen LogP contribution in [0.1, 0.15) is 27.7 Å². The monoisotopic (exact) mass is 187 g/mol. The molecular formula is C9H17NO3. The molecule has 4 nitrogen and oxygen atoms in total. The van der Waals surface area contributed by atoms with Gasteiger partial charge in [0.15, 0.2) is 0 Å². The van der Waals surface area contributed by atoms with Crippen LogP contribution < -0.4 is 0 Å². The second kappa shape index (κ2) is 4.94. The van der Waals surface area contributed by atoms with Crippen LogP contribution in [0.3, 0.4) is 0 Å². The molecule has 0 N–H and O–H groups in total. The average Bonchev–Trinajstić information content (AvgIpc) is 2.00. The van der Waals surface area contributed by atoms with E-state index >= 15 is 0 Å². The zero-order valence-corrected chi connectivity index (χ0v) is 8.66. The first-order chi connectivity index (χ1) is 5.89. The molecule has 0 atom stereocenters. The number of ether oxygens (including phenoxy) is 1. The molecule has 0 aliphatic rings. The first-order valence-electron chi connectivity index (χ1n) is 4.35. The normalized spacial score (nSPS) is 11.5. The van der Waals surface area contributed by atoms with E-state index in [-0.39, 0.29) is 30.5 Å². The minimum atomic E-state index is -0.355. The predicted octanol–water partition coefficient (Wildman–Crippen LogP) is 1.98. The molecule has 0 aromatic rings. The highest BCUT2D eigenvalue weighted by atomic mass is 16.5. The lowest BCUT2D eigenvalue weighted by molar-refractivity contribution is -0.150. The molecule has 0 aromatic carbocycles. The lowest BCUT2D eigenvalue weighted by Gasteiger charge is -2.20. The van der Waals surface area contributed by atoms with Gasteiger partial charge in [-0.25, -0.2) is 0 Å². The van der Waals surface area contributed by atoms with Crippen molar-refractivity contribution in [3.05, 3.63) is 4.91 Å². The van der Waals surface area contributed by atoms with Crippen LogP contribution in [-0.2, 0) is 9.53 Å². The van der Waals surface area contributed by atoms with Crippen LogP contribution in [0.4, 0.5) is 0 Å². The molecule has 13 heavy (non-hydrogen) atoms. The third kappa shape index (κ3) is 5.33. The van der Waals surface area contributed by atoms with Crippen LogP contribution in [0.2, 0.25) is 0 Å². The Balaban J connectivity index is 3.87. The topological polar surface area (TPSA) is 55.7 Å². The Morgan fingerprint density at radius 2 is 2.00 bits per heavy atom. The summed E-state index contributed by atoms with van der Waals surface area (Å²) in [6, 6.07) is 0. The molecular weight excluding hydrogens is 170 g/mol. The van der Waals surface area contributed by atoms with Gasteiger partial charge in [-0.05, 0) is 0 Å². The third-order valence-electron chi connectivity index (χ3n) is 1.57. The van der Waals surface area contributed by atoms with E-state index < -0.39 is 0 Å². The zero-order chi connectivity index (χ0) is 10.5. The van der Waals surface area contributed by atoms with E-state index in [0.29, 0.717) is 0 Å². The second-order valence-electron chi connectivity index (χ2n) is 4.21. The highest BCUT2D eigenvalue weighted by Gasteiger charge is 2.21. The molecule has 0 bridgehead atoms. The van der Waals surface area contributed by atoms with E-state index in [9.17, 15) is 9.70 Å². The number of nitroso groups, excluding NO2 is 1. The van der Waals surface area contributed by atoms with Gasteiger partial charge >= 0.3 is 5.97 Å². The van der Waals surface area contributed by atoms with Gasteiger partial charge in [0.2, 0.25) is 0 Å². The van der Waals surface area contributed by atoms with Crippen LogP contribution >= 0.6 is 0 Å². The van der Waals surface area contributed by atoms with Crippen molar-refractivity contribution in [3.63, 3.8) is 0 Å². The lowest BCUT2D eigenvalue weighted by Crippen LogP contribution is -2.26. The fraction of sp³-hybridized carbons (Fsp3) is 0.889. The SMILES string of the molecule is CC(C)C(=O)OCC(C)(C)CN=O. The Morgan fingerprint density at radius 1 is 1.46 bits per heavy atom. The van der Waals surface area contributed by atoms with Crippen molar-refractivity contribution in [1.82, 2.24) is 0 Å². The number of esters is 1. The summed E-state index contributed by atoms with van der Waals surface area (Å²) in [6.07, 6.45) is 0. The minimum absolute atomic E-state index is 0.125. The van der Waals surface area contributed by atoms with E-state index in [2.05, 4.69) is 5.18 Å². The van der Waals surface area contributed by atoms with Gasteiger partial charge < -0.3 is 4.74 Å². The van der Waals surface area contributed by atoms with Crippen molar-refractivity contribution < 1.29 is 9.53 Å². The zero-order valence-electron chi connectivity index (χ0n) is 8.66. The summed E-state index contributed by atoms with van der Waals surface area (Å²) in [5.41, 5.74) is -0.355. The van der Waals surface area contributed by atoms with Crippen molar-refractivity contribution in [2.75, 3.05) is 13.2 Å². The molecule has 0 saturated heterocycles. The van der Waals surface area contributed by atoms with Gasteiger partial charge in [0.1, 0.15) is 0 Å². The molecule has 0 rings (SSSR count).